The van der Waals surface area contributed by atoms with Gasteiger partial charge < -0.3 is 5.73 Å². The molecule has 0 saturated carbocycles. The molecule has 3 nitrogen and oxygen atoms in total. The molecule has 0 aliphatic heterocycles. The summed E-state index contributed by atoms with van der Waals surface area (Å²) >= 11 is 1.65. The Kier molecular flexibility index (Phi) is 0.990. The van der Waals surface area contributed by atoms with Crippen LogP contribution in [0.2, 0.25) is 0 Å². The standard InChI is InChI=1S/C6H7N3S/c1-3-2-4-5(7)8-9-6(4)10-3/h2H,1H3,(H3,7,8,9). The minimum atomic E-state index is 0.666. The fourth-order valence-corrected chi connectivity index (χ4v) is 1.80. The van der Waals surface area contributed by atoms with E-state index in [-0.39, 0.29) is 0 Å². The first-order valence-corrected chi connectivity index (χ1v) is 3.79. The Morgan fingerprint density at radius 1 is 1.70 bits per heavy atom. The Bertz CT molecular complexity index is 360. The van der Waals surface area contributed by atoms with E-state index in [0.29, 0.717) is 5.82 Å². The molecule has 0 unspecified atom stereocenters. The van der Waals surface area contributed by atoms with Crippen molar-refractivity contribution in [3.63, 3.8) is 0 Å². The number of nitrogens with one attached hydrogen (secondary N) is 1. The highest BCUT2D eigenvalue weighted by Crippen LogP contribution is 2.26. The molecule has 0 bridgehead atoms. The van der Waals surface area contributed by atoms with Crippen LogP contribution in [0.25, 0.3) is 10.2 Å². The lowest BCUT2D eigenvalue weighted by Crippen LogP contribution is -1.82. The number of rotatable bonds is 0. The summed E-state index contributed by atoms with van der Waals surface area (Å²) in [6, 6.07) is 2.04. The monoisotopic (exact) mass is 153 g/mol. The van der Waals surface area contributed by atoms with Gasteiger partial charge in [0.25, 0.3) is 0 Å². The van der Waals surface area contributed by atoms with Crippen LogP contribution in [-0.2, 0) is 0 Å². The molecule has 0 aromatic carbocycles. The van der Waals surface area contributed by atoms with Crippen LogP contribution in [0.4, 0.5) is 5.82 Å². The van der Waals surface area contributed by atoms with Crippen LogP contribution >= 0.6 is 11.3 Å². The number of nitrogens with zero attached hydrogens (tertiary/aromatic N) is 1. The van der Waals surface area contributed by atoms with Gasteiger partial charge in [0.2, 0.25) is 0 Å². The molecule has 10 heavy (non-hydrogen) atoms. The summed E-state index contributed by atoms with van der Waals surface area (Å²) < 4.78 is 0. The van der Waals surface area contributed by atoms with Crippen molar-refractivity contribution in [3.05, 3.63) is 10.9 Å². The average Bonchev–Trinajstić information content (AvgIpc) is 2.35. The number of thiophene rings is 1. The summed E-state index contributed by atoms with van der Waals surface area (Å²) in [5.41, 5.74) is 5.58. The predicted octanol–water partition coefficient (Wildman–Crippen LogP) is 1.52. The first-order valence-electron chi connectivity index (χ1n) is 2.97. The molecule has 0 aliphatic carbocycles. The first kappa shape index (κ1) is 5.73. The quantitative estimate of drug-likeness (QED) is 0.602. The van der Waals surface area contributed by atoms with Crippen LogP contribution in [0.3, 0.4) is 0 Å². The number of fused-ring (bicyclic) bond motifs is 1. The minimum Gasteiger partial charge on any atom is -0.384 e. The van der Waals surface area contributed by atoms with Crippen LogP contribution in [-0.4, -0.2) is 10.2 Å². The van der Waals surface area contributed by atoms with Gasteiger partial charge in [-0.2, -0.15) is 5.10 Å². The molecule has 0 aliphatic rings. The number of nitrogens with two attached hydrogens (primary N) is 1. The van der Waals surface area contributed by atoms with Crippen molar-refractivity contribution in [2.45, 2.75) is 6.92 Å². The Balaban J connectivity index is 2.90. The van der Waals surface area contributed by atoms with Gasteiger partial charge in [-0.3, -0.25) is 5.10 Å². The summed E-state index contributed by atoms with van der Waals surface area (Å²) in [7, 11) is 0. The molecule has 0 spiro atoms. The number of aryl methyl sites for hydroxylation is 1. The SMILES string of the molecule is Cc1cc2c(N)[nH]nc2s1. The predicted molar refractivity (Wildman–Crippen MR) is 43.1 cm³/mol. The van der Waals surface area contributed by atoms with E-state index in [1.807, 2.05) is 13.0 Å². The normalized spacial score (nSPS) is 10.9. The summed E-state index contributed by atoms with van der Waals surface area (Å²) in [6.07, 6.45) is 0. The maximum absolute atomic E-state index is 5.58. The first-order chi connectivity index (χ1) is 4.77. The third-order valence-corrected chi connectivity index (χ3v) is 2.35. The fourth-order valence-electron chi connectivity index (χ4n) is 0.949. The lowest BCUT2D eigenvalue weighted by Gasteiger charge is -1.78. The molecule has 52 valence electrons. The highest BCUT2D eigenvalue weighted by atomic mass is 32.1. The molecular formula is C6H7N3S. The Labute approximate surface area is 61.9 Å². The number of H-pyrrole nitrogens is 1. The van der Waals surface area contributed by atoms with Crippen molar-refractivity contribution in [2.75, 3.05) is 5.73 Å². The van der Waals surface area contributed by atoms with Gasteiger partial charge in [0.15, 0.2) is 0 Å². The van der Waals surface area contributed by atoms with Gasteiger partial charge in [0, 0.05) is 4.88 Å². The van der Waals surface area contributed by atoms with Gasteiger partial charge in [-0.15, -0.1) is 11.3 Å². The van der Waals surface area contributed by atoms with E-state index < -0.39 is 0 Å². The van der Waals surface area contributed by atoms with Crippen LogP contribution < -0.4 is 5.73 Å². The zero-order chi connectivity index (χ0) is 7.14. The molecular weight excluding hydrogens is 146 g/mol. The van der Waals surface area contributed by atoms with Gasteiger partial charge in [0.1, 0.15) is 10.6 Å². The van der Waals surface area contributed by atoms with E-state index in [0.717, 1.165) is 10.2 Å². The highest BCUT2D eigenvalue weighted by molar-refractivity contribution is 7.18. The molecule has 4 heteroatoms. The van der Waals surface area contributed by atoms with Gasteiger partial charge in [-0.1, -0.05) is 0 Å². The van der Waals surface area contributed by atoms with Crippen molar-refractivity contribution >= 4 is 27.4 Å². The van der Waals surface area contributed by atoms with Crippen molar-refractivity contribution in [3.8, 4) is 0 Å². The van der Waals surface area contributed by atoms with Gasteiger partial charge >= 0.3 is 0 Å². The van der Waals surface area contributed by atoms with Crippen LogP contribution in [0.15, 0.2) is 6.07 Å². The van der Waals surface area contributed by atoms with E-state index in [1.54, 1.807) is 11.3 Å². The zero-order valence-corrected chi connectivity index (χ0v) is 6.33. The summed E-state index contributed by atoms with van der Waals surface area (Å²) in [5, 5.41) is 7.77. The van der Waals surface area contributed by atoms with E-state index in [2.05, 4.69) is 10.2 Å². The lowest BCUT2D eigenvalue weighted by atomic mass is 10.4. The number of hydrogen-bond donors (Lipinski definition) is 2. The Morgan fingerprint density at radius 3 is 3.20 bits per heavy atom. The van der Waals surface area contributed by atoms with Crippen molar-refractivity contribution < 1.29 is 0 Å². The topological polar surface area (TPSA) is 54.7 Å². The lowest BCUT2D eigenvalue weighted by molar-refractivity contribution is 1.13. The van der Waals surface area contributed by atoms with Gasteiger partial charge in [0.05, 0.1) is 5.39 Å². The third-order valence-electron chi connectivity index (χ3n) is 1.40. The number of aromatic nitrogens is 2. The van der Waals surface area contributed by atoms with Crippen molar-refractivity contribution in [1.29, 1.82) is 0 Å². The second kappa shape index (κ2) is 1.73. The minimum absolute atomic E-state index is 0.666. The van der Waals surface area contributed by atoms with Gasteiger partial charge in [-0.05, 0) is 13.0 Å². The molecule has 0 saturated heterocycles. The summed E-state index contributed by atoms with van der Waals surface area (Å²) in [4.78, 5) is 2.24. The van der Waals surface area contributed by atoms with E-state index in [4.69, 9.17) is 5.73 Å². The Morgan fingerprint density at radius 2 is 2.50 bits per heavy atom. The number of nitrogen functional groups attached to an aromatic ring is 1. The number of aromatic amines is 1. The second-order valence-electron chi connectivity index (χ2n) is 2.21. The smallest absolute Gasteiger partial charge is 0.147 e. The van der Waals surface area contributed by atoms with Crippen LogP contribution in [0, 0.1) is 6.92 Å². The maximum atomic E-state index is 5.58. The second-order valence-corrected chi connectivity index (χ2v) is 3.45. The Hall–Kier alpha value is -1.03. The zero-order valence-electron chi connectivity index (χ0n) is 5.51. The molecule has 0 amide bonds. The van der Waals surface area contributed by atoms with Crippen molar-refractivity contribution in [1.82, 2.24) is 10.2 Å². The summed E-state index contributed by atoms with van der Waals surface area (Å²) in [6.45, 7) is 2.05. The fraction of sp³-hybridized carbons (Fsp3) is 0.167. The molecule has 2 heterocycles. The van der Waals surface area contributed by atoms with E-state index >= 15 is 0 Å². The average molecular weight is 153 g/mol. The molecule has 0 atom stereocenters. The van der Waals surface area contributed by atoms with Gasteiger partial charge in [-0.25, -0.2) is 0 Å². The molecule has 2 aromatic heterocycles. The largest absolute Gasteiger partial charge is 0.384 e. The molecule has 3 N–H and O–H groups in total. The van der Waals surface area contributed by atoms with E-state index in [1.165, 1.54) is 4.88 Å². The third kappa shape index (κ3) is 0.623. The molecule has 2 rings (SSSR count). The molecule has 0 fully saturated rings. The highest BCUT2D eigenvalue weighted by Gasteiger charge is 2.03. The maximum Gasteiger partial charge on any atom is 0.147 e. The van der Waals surface area contributed by atoms with Crippen LogP contribution in [0.1, 0.15) is 4.88 Å². The molecule has 2 aromatic rings. The number of hydrogen-bond acceptors (Lipinski definition) is 3. The van der Waals surface area contributed by atoms with E-state index in [9.17, 15) is 0 Å². The molecule has 0 radical (unpaired) electrons. The number of anilines is 1. The van der Waals surface area contributed by atoms with Crippen LogP contribution in [0.5, 0.6) is 0 Å². The van der Waals surface area contributed by atoms with Crippen molar-refractivity contribution in [2.24, 2.45) is 0 Å². The summed E-state index contributed by atoms with van der Waals surface area (Å²) in [5.74, 6) is 0.666.